The Morgan fingerprint density at radius 2 is 1.82 bits per heavy atom. The van der Waals surface area contributed by atoms with Gasteiger partial charge in [0.05, 0.1) is 6.54 Å². The second-order valence-electron chi connectivity index (χ2n) is 4.94. The van der Waals surface area contributed by atoms with Crippen molar-refractivity contribution in [3.63, 3.8) is 0 Å². The number of carboxylic acid groups (broad SMARTS) is 1. The molecule has 0 aliphatic carbocycles. The summed E-state index contributed by atoms with van der Waals surface area (Å²) in [4.78, 5) is 34.2. The molecule has 0 heterocycles. The Morgan fingerprint density at radius 1 is 1.18 bits per heavy atom. The molecule has 1 aromatic rings. The van der Waals surface area contributed by atoms with Crippen LogP contribution in [0.4, 0.5) is 8.78 Å². The molecule has 0 aromatic heterocycles. The third kappa shape index (κ3) is 4.80. The minimum absolute atomic E-state index is 0.148. The summed E-state index contributed by atoms with van der Waals surface area (Å²) in [6.45, 7) is 2.77. The average molecular weight is 314 g/mol. The zero-order valence-corrected chi connectivity index (χ0v) is 12.0. The summed E-state index contributed by atoms with van der Waals surface area (Å²) in [5.74, 6) is -5.25. The molecule has 0 saturated carbocycles. The molecule has 0 aliphatic rings. The van der Waals surface area contributed by atoms with E-state index in [1.807, 2.05) is 0 Å². The number of carbonyl (C=O) groups excluding carboxylic acids is 2. The van der Waals surface area contributed by atoms with Crippen LogP contribution in [-0.4, -0.2) is 35.5 Å². The minimum Gasteiger partial charge on any atom is -0.480 e. The molecule has 6 nitrogen and oxygen atoms in total. The first-order valence-electron chi connectivity index (χ1n) is 6.47. The molecule has 3 N–H and O–H groups in total. The number of nitrogens with one attached hydrogen (secondary N) is 2. The lowest BCUT2D eigenvalue weighted by Gasteiger charge is -2.18. The predicted octanol–water partition coefficient (Wildman–Crippen LogP) is 0.920. The third-order valence-electron chi connectivity index (χ3n) is 2.84. The Kier molecular flexibility index (Phi) is 5.97. The van der Waals surface area contributed by atoms with Gasteiger partial charge < -0.3 is 15.7 Å². The van der Waals surface area contributed by atoms with Crippen molar-refractivity contribution in [1.82, 2.24) is 10.6 Å². The van der Waals surface area contributed by atoms with E-state index in [2.05, 4.69) is 10.6 Å². The van der Waals surface area contributed by atoms with Crippen molar-refractivity contribution in [3.8, 4) is 0 Å². The van der Waals surface area contributed by atoms with Crippen LogP contribution < -0.4 is 10.6 Å². The first kappa shape index (κ1) is 17.5. The van der Waals surface area contributed by atoms with Crippen LogP contribution in [0.3, 0.4) is 0 Å². The number of aliphatic carboxylic acids is 1. The number of hydrogen-bond acceptors (Lipinski definition) is 3. The number of carbonyl (C=O) groups is 3. The molecule has 0 unspecified atom stereocenters. The number of halogens is 2. The monoisotopic (exact) mass is 314 g/mol. The van der Waals surface area contributed by atoms with E-state index in [0.29, 0.717) is 6.07 Å². The molecule has 0 saturated heterocycles. The quantitative estimate of drug-likeness (QED) is 0.727. The topological polar surface area (TPSA) is 95.5 Å². The van der Waals surface area contributed by atoms with Gasteiger partial charge in [-0.3, -0.25) is 9.59 Å². The van der Waals surface area contributed by atoms with Gasteiger partial charge >= 0.3 is 5.97 Å². The summed E-state index contributed by atoms with van der Waals surface area (Å²) in [5, 5.41) is 13.4. The lowest BCUT2D eigenvalue weighted by atomic mass is 10.1. The van der Waals surface area contributed by atoms with Crippen LogP contribution in [0.15, 0.2) is 18.2 Å². The molecule has 0 fully saturated rings. The zero-order valence-electron chi connectivity index (χ0n) is 12.0. The highest BCUT2D eigenvalue weighted by Gasteiger charge is 2.23. The highest BCUT2D eigenvalue weighted by atomic mass is 19.2. The number of hydrogen-bond donors (Lipinski definition) is 3. The van der Waals surface area contributed by atoms with Crippen LogP contribution in [-0.2, 0) is 9.59 Å². The zero-order chi connectivity index (χ0) is 16.9. The Balaban J connectivity index is 2.58. The van der Waals surface area contributed by atoms with Gasteiger partial charge in [-0.05, 0) is 24.1 Å². The van der Waals surface area contributed by atoms with Crippen molar-refractivity contribution >= 4 is 17.8 Å². The lowest BCUT2D eigenvalue weighted by Crippen LogP contribution is -2.48. The Hall–Kier alpha value is -2.51. The second-order valence-corrected chi connectivity index (χ2v) is 4.94. The largest absolute Gasteiger partial charge is 0.480 e. The fourth-order valence-electron chi connectivity index (χ4n) is 1.64. The summed E-state index contributed by atoms with van der Waals surface area (Å²) < 4.78 is 25.7. The van der Waals surface area contributed by atoms with Gasteiger partial charge in [0, 0.05) is 5.56 Å². The fraction of sp³-hybridized carbons (Fsp3) is 0.357. The summed E-state index contributed by atoms with van der Waals surface area (Å²) in [6.07, 6.45) is 0. The Bertz CT molecular complexity index is 590. The van der Waals surface area contributed by atoms with Crippen LogP contribution in [0.1, 0.15) is 24.2 Å². The van der Waals surface area contributed by atoms with Gasteiger partial charge in [-0.1, -0.05) is 13.8 Å². The van der Waals surface area contributed by atoms with Gasteiger partial charge in [0.15, 0.2) is 11.6 Å². The van der Waals surface area contributed by atoms with Crippen LogP contribution >= 0.6 is 0 Å². The maximum Gasteiger partial charge on any atom is 0.326 e. The number of benzene rings is 1. The van der Waals surface area contributed by atoms with Crippen molar-refractivity contribution in [2.75, 3.05) is 6.54 Å². The summed E-state index contributed by atoms with van der Waals surface area (Å²) in [7, 11) is 0. The van der Waals surface area contributed by atoms with E-state index in [-0.39, 0.29) is 11.5 Å². The van der Waals surface area contributed by atoms with Crippen molar-refractivity contribution in [2.24, 2.45) is 5.92 Å². The average Bonchev–Trinajstić information content (AvgIpc) is 2.44. The van der Waals surface area contributed by atoms with Crippen LogP contribution in [0, 0.1) is 17.6 Å². The number of rotatable bonds is 6. The normalized spacial score (nSPS) is 11.9. The molecule has 0 radical (unpaired) electrons. The maximum absolute atomic E-state index is 13.0. The van der Waals surface area contributed by atoms with Gasteiger partial charge in [0.1, 0.15) is 6.04 Å². The standard InChI is InChI=1S/C14H16F2N2O4/c1-7(2)12(14(21)22)18-11(19)6-17-13(20)8-3-4-9(15)10(16)5-8/h3-5,7,12H,6H2,1-2H3,(H,17,20)(H,18,19)(H,21,22)/t12-/m1/s1. The molecule has 1 rings (SSSR count). The molecule has 0 aliphatic heterocycles. The number of carboxylic acids is 1. The van der Waals surface area contributed by atoms with Crippen LogP contribution in [0.5, 0.6) is 0 Å². The molecule has 8 heteroatoms. The van der Waals surface area contributed by atoms with Gasteiger partial charge in [-0.15, -0.1) is 0 Å². The smallest absolute Gasteiger partial charge is 0.326 e. The van der Waals surface area contributed by atoms with E-state index >= 15 is 0 Å². The third-order valence-corrected chi connectivity index (χ3v) is 2.84. The van der Waals surface area contributed by atoms with E-state index in [9.17, 15) is 23.2 Å². The van der Waals surface area contributed by atoms with E-state index in [0.717, 1.165) is 12.1 Å². The van der Waals surface area contributed by atoms with E-state index in [4.69, 9.17) is 5.11 Å². The molecular weight excluding hydrogens is 298 g/mol. The molecule has 22 heavy (non-hydrogen) atoms. The second kappa shape index (κ2) is 7.48. The summed E-state index contributed by atoms with van der Waals surface area (Å²) in [5.41, 5.74) is -0.148. The molecule has 0 spiro atoms. The predicted molar refractivity (Wildman–Crippen MR) is 73.1 cm³/mol. The Morgan fingerprint density at radius 3 is 2.32 bits per heavy atom. The van der Waals surface area contributed by atoms with E-state index in [1.165, 1.54) is 0 Å². The fourth-order valence-corrected chi connectivity index (χ4v) is 1.64. The first-order valence-corrected chi connectivity index (χ1v) is 6.47. The Labute approximate surface area is 125 Å². The van der Waals surface area contributed by atoms with Crippen LogP contribution in [0.25, 0.3) is 0 Å². The SMILES string of the molecule is CC(C)[C@@H](NC(=O)CNC(=O)c1ccc(F)c(F)c1)C(=O)O. The molecule has 120 valence electrons. The minimum atomic E-state index is -1.18. The highest BCUT2D eigenvalue weighted by Crippen LogP contribution is 2.08. The van der Waals surface area contributed by atoms with Gasteiger partial charge in [-0.2, -0.15) is 0 Å². The molecule has 1 aromatic carbocycles. The molecular formula is C14H16F2N2O4. The summed E-state index contributed by atoms with van der Waals surface area (Å²) in [6, 6.07) is 1.49. The number of amides is 2. The lowest BCUT2D eigenvalue weighted by molar-refractivity contribution is -0.142. The molecule has 1 atom stereocenters. The van der Waals surface area contributed by atoms with Crippen molar-refractivity contribution in [1.29, 1.82) is 0 Å². The van der Waals surface area contributed by atoms with Gasteiger partial charge in [0.25, 0.3) is 5.91 Å². The van der Waals surface area contributed by atoms with Gasteiger partial charge in [0.2, 0.25) is 5.91 Å². The highest BCUT2D eigenvalue weighted by molar-refractivity contribution is 5.96. The van der Waals surface area contributed by atoms with Crippen LogP contribution in [0.2, 0.25) is 0 Å². The van der Waals surface area contributed by atoms with Crippen molar-refractivity contribution < 1.29 is 28.3 Å². The van der Waals surface area contributed by atoms with Crippen molar-refractivity contribution in [2.45, 2.75) is 19.9 Å². The molecule has 2 amide bonds. The van der Waals surface area contributed by atoms with E-state index < -0.39 is 42.0 Å². The first-order chi connectivity index (χ1) is 10.2. The van der Waals surface area contributed by atoms with Crippen molar-refractivity contribution in [3.05, 3.63) is 35.4 Å². The van der Waals surface area contributed by atoms with E-state index in [1.54, 1.807) is 13.8 Å². The maximum atomic E-state index is 13.0. The summed E-state index contributed by atoms with van der Waals surface area (Å²) >= 11 is 0. The molecule has 0 bridgehead atoms. The van der Waals surface area contributed by atoms with Gasteiger partial charge in [-0.25, -0.2) is 13.6 Å².